The first-order chi connectivity index (χ1) is 19.9. The van der Waals surface area contributed by atoms with Crippen molar-refractivity contribution in [3.05, 3.63) is 95.6 Å². The lowest BCUT2D eigenvalue weighted by atomic mass is 9.98. The summed E-state index contributed by atoms with van der Waals surface area (Å²) in [5, 5.41) is 14.2. The number of benzene rings is 3. The lowest BCUT2D eigenvalue weighted by Gasteiger charge is -2.21. The summed E-state index contributed by atoms with van der Waals surface area (Å²) in [5.41, 5.74) is 4.90. The molecule has 0 fully saturated rings. The minimum atomic E-state index is -1.44. The van der Waals surface area contributed by atoms with E-state index in [9.17, 15) is 24.3 Å². The van der Waals surface area contributed by atoms with Crippen LogP contribution in [0.25, 0.3) is 11.1 Å². The molecule has 210 valence electrons. The van der Waals surface area contributed by atoms with E-state index in [1.807, 2.05) is 54.6 Å². The molecule has 0 radical (unpaired) electrons. The van der Waals surface area contributed by atoms with Crippen molar-refractivity contribution in [3.63, 3.8) is 0 Å². The molecule has 1 unspecified atom stereocenters. The average molecular weight is 555 g/mol. The highest BCUT2D eigenvalue weighted by Crippen LogP contribution is 2.44. The van der Waals surface area contributed by atoms with Crippen LogP contribution in [-0.2, 0) is 30.5 Å². The SMILES string of the molecule is CC#CCC(NC(=O)[C@H](CC(=O)OCc1ccccc1)NC(=O)OCC1c2ccccc2-c2ccccc21)C(=O)O. The molecule has 4 rings (SSSR count). The molecule has 1 aliphatic carbocycles. The van der Waals surface area contributed by atoms with Crippen LogP contribution in [0.15, 0.2) is 78.9 Å². The molecule has 41 heavy (non-hydrogen) atoms. The second-order valence-corrected chi connectivity index (χ2v) is 9.40. The van der Waals surface area contributed by atoms with Crippen LogP contribution in [0, 0.1) is 11.8 Å². The lowest BCUT2D eigenvalue weighted by molar-refractivity contribution is -0.147. The van der Waals surface area contributed by atoms with Crippen molar-refractivity contribution in [3.8, 4) is 23.0 Å². The number of carbonyl (C=O) groups is 4. The largest absolute Gasteiger partial charge is 0.480 e. The lowest BCUT2D eigenvalue weighted by Crippen LogP contribution is -2.52. The Kier molecular flexibility index (Phi) is 9.73. The Hall–Kier alpha value is -5.10. The summed E-state index contributed by atoms with van der Waals surface area (Å²) in [7, 11) is 0. The monoisotopic (exact) mass is 554 g/mol. The van der Waals surface area contributed by atoms with E-state index in [2.05, 4.69) is 22.5 Å². The van der Waals surface area contributed by atoms with Crippen LogP contribution in [0.3, 0.4) is 0 Å². The highest BCUT2D eigenvalue weighted by Gasteiger charge is 2.31. The van der Waals surface area contributed by atoms with Crippen molar-refractivity contribution in [2.45, 2.75) is 44.4 Å². The molecule has 3 aromatic carbocycles. The number of rotatable bonds is 11. The van der Waals surface area contributed by atoms with Crippen LogP contribution in [0.5, 0.6) is 0 Å². The zero-order valence-electron chi connectivity index (χ0n) is 22.5. The first-order valence-corrected chi connectivity index (χ1v) is 13.1. The first-order valence-electron chi connectivity index (χ1n) is 13.1. The van der Waals surface area contributed by atoms with Crippen molar-refractivity contribution >= 4 is 23.9 Å². The number of alkyl carbamates (subject to hydrolysis) is 1. The van der Waals surface area contributed by atoms with Crippen molar-refractivity contribution in [1.82, 2.24) is 10.6 Å². The van der Waals surface area contributed by atoms with Gasteiger partial charge in [-0.25, -0.2) is 9.59 Å². The van der Waals surface area contributed by atoms with Gasteiger partial charge in [-0.15, -0.1) is 11.8 Å². The van der Waals surface area contributed by atoms with E-state index < -0.39 is 42.4 Å². The number of aliphatic carboxylic acids is 1. The number of nitrogens with one attached hydrogen (secondary N) is 2. The summed E-state index contributed by atoms with van der Waals surface area (Å²) >= 11 is 0. The van der Waals surface area contributed by atoms with Crippen LogP contribution in [0.4, 0.5) is 4.79 Å². The van der Waals surface area contributed by atoms with Gasteiger partial charge in [-0.3, -0.25) is 9.59 Å². The minimum absolute atomic E-state index is 0.00348. The fraction of sp³-hybridized carbons (Fsp3) is 0.250. The van der Waals surface area contributed by atoms with Crippen LogP contribution >= 0.6 is 0 Å². The summed E-state index contributed by atoms with van der Waals surface area (Å²) < 4.78 is 10.8. The molecular weight excluding hydrogens is 524 g/mol. The van der Waals surface area contributed by atoms with E-state index in [-0.39, 0.29) is 25.6 Å². The average Bonchev–Trinajstić information content (AvgIpc) is 3.30. The molecule has 2 amide bonds. The molecular formula is C32H30N2O7. The Morgan fingerprint density at radius 3 is 2.05 bits per heavy atom. The van der Waals surface area contributed by atoms with Crippen LogP contribution in [-0.4, -0.2) is 47.7 Å². The topological polar surface area (TPSA) is 131 Å². The third kappa shape index (κ3) is 7.51. The molecule has 0 aliphatic heterocycles. The van der Waals surface area contributed by atoms with Crippen molar-refractivity contribution < 1.29 is 33.8 Å². The predicted molar refractivity (Wildman–Crippen MR) is 150 cm³/mol. The van der Waals surface area contributed by atoms with Gasteiger partial charge in [-0.2, -0.15) is 0 Å². The summed E-state index contributed by atoms with van der Waals surface area (Å²) in [6, 6.07) is 21.9. The third-order valence-corrected chi connectivity index (χ3v) is 6.66. The molecule has 0 heterocycles. The quantitative estimate of drug-likeness (QED) is 0.241. The highest BCUT2D eigenvalue weighted by atomic mass is 16.5. The van der Waals surface area contributed by atoms with Gasteiger partial charge in [-0.1, -0.05) is 78.9 Å². The number of carboxylic acids is 1. The van der Waals surface area contributed by atoms with E-state index in [1.165, 1.54) is 0 Å². The second kappa shape index (κ2) is 13.8. The maximum atomic E-state index is 13.1. The van der Waals surface area contributed by atoms with E-state index >= 15 is 0 Å². The molecule has 0 aromatic heterocycles. The zero-order chi connectivity index (χ0) is 29.2. The number of esters is 1. The summed E-state index contributed by atoms with van der Waals surface area (Å²) in [6.07, 6.45) is -1.61. The number of fused-ring (bicyclic) bond motifs is 3. The van der Waals surface area contributed by atoms with Crippen molar-refractivity contribution in [2.24, 2.45) is 0 Å². The highest BCUT2D eigenvalue weighted by molar-refractivity contribution is 5.92. The van der Waals surface area contributed by atoms with Crippen LogP contribution in [0.1, 0.15) is 42.4 Å². The molecule has 0 saturated carbocycles. The van der Waals surface area contributed by atoms with Crippen LogP contribution < -0.4 is 10.6 Å². The first kappa shape index (κ1) is 28.9. The third-order valence-electron chi connectivity index (χ3n) is 6.66. The zero-order valence-corrected chi connectivity index (χ0v) is 22.5. The summed E-state index contributed by atoms with van der Waals surface area (Å²) in [5.74, 6) is 2.06. The number of hydrogen-bond acceptors (Lipinski definition) is 6. The Morgan fingerprint density at radius 2 is 1.44 bits per heavy atom. The molecule has 2 atom stereocenters. The van der Waals surface area contributed by atoms with Gasteiger partial charge in [0.25, 0.3) is 0 Å². The molecule has 0 spiro atoms. The standard InChI is InChI=1S/C32H30N2O7/c1-2-3-17-27(31(37)38)33-30(36)28(18-29(35)40-19-21-11-5-4-6-12-21)34-32(39)41-20-26-24-15-9-7-13-22(24)23-14-8-10-16-25(23)26/h4-16,26-28H,17-20H2,1H3,(H,33,36)(H,34,39)(H,37,38)/t27?,28-/m0/s1. The van der Waals surface area contributed by atoms with Crippen molar-refractivity contribution in [2.75, 3.05) is 6.61 Å². The number of carbonyl (C=O) groups excluding carboxylic acids is 3. The van der Waals surface area contributed by atoms with E-state index in [0.717, 1.165) is 27.8 Å². The predicted octanol–water partition coefficient (Wildman–Crippen LogP) is 4.01. The van der Waals surface area contributed by atoms with Crippen molar-refractivity contribution in [1.29, 1.82) is 0 Å². The maximum Gasteiger partial charge on any atom is 0.407 e. The van der Waals surface area contributed by atoms with Gasteiger partial charge < -0.3 is 25.2 Å². The van der Waals surface area contributed by atoms with E-state index in [1.54, 1.807) is 31.2 Å². The number of ether oxygens (including phenoxy) is 2. The second-order valence-electron chi connectivity index (χ2n) is 9.40. The van der Waals surface area contributed by atoms with Crippen LogP contribution in [0.2, 0.25) is 0 Å². The van der Waals surface area contributed by atoms with E-state index in [4.69, 9.17) is 9.47 Å². The number of hydrogen-bond donors (Lipinski definition) is 3. The molecule has 0 bridgehead atoms. The number of carboxylic acid groups (broad SMARTS) is 1. The summed E-state index contributed by atoms with van der Waals surface area (Å²) in [6.45, 7) is 1.52. The minimum Gasteiger partial charge on any atom is -0.480 e. The van der Waals surface area contributed by atoms with Gasteiger partial charge in [0, 0.05) is 12.3 Å². The fourth-order valence-corrected chi connectivity index (χ4v) is 4.63. The molecule has 9 nitrogen and oxygen atoms in total. The maximum absolute atomic E-state index is 13.1. The molecule has 3 N–H and O–H groups in total. The van der Waals surface area contributed by atoms with Gasteiger partial charge in [0.2, 0.25) is 5.91 Å². The van der Waals surface area contributed by atoms with Gasteiger partial charge >= 0.3 is 18.0 Å². The Labute approximate surface area is 237 Å². The summed E-state index contributed by atoms with van der Waals surface area (Å²) in [4.78, 5) is 50.2. The molecule has 9 heteroatoms. The number of amides is 2. The van der Waals surface area contributed by atoms with Gasteiger partial charge in [0.15, 0.2) is 0 Å². The van der Waals surface area contributed by atoms with Gasteiger partial charge in [0.05, 0.1) is 6.42 Å². The Balaban J connectivity index is 1.43. The normalized spacial score (nSPS) is 12.9. The Morgan fingerprint density at radius 1 is 0.829 bits per heavy atom. The smallest absolute Gasteiger partial charge is 0.407 e. The van der Waals surface area contributed by atoms with E-state index in [0.29, 0.717) is 0 Å². The fourth-order valence-electron chi connectivity index (χ4n) is 4.63. The molecule has 0 saturated heterocycles. The Bertz CT molecular complexity index is 1430. The molecule has 3 aromatic rings. The molecule has 1 aliphatic rings. The van der Waals surface area contributed by atoms with Gasteiger partial charge in [0.1, 0.15) is 25.3 Å². The van der Waals surface area contributed by atoms with Gasteiger partial charge in [-0.05, 0) is 34.7 Å².